The van der Waals surface area contributed by atoms with Gasteiger partial charge in [0.05, 0.1) is 11.4 Å². The summed E-state index contributed by atoms with van der Waals surface area (Å²) in [4.78, 5) is 10.9. The lowest BCUT2D eigenvalue weighted by Crippen LogP contribution is -2.13. The van der Waals surface area contributed by atoms with E-state index < -0.39 is 0 Å². The molecule has 3 nitrogen and oxygen atoms in total. The summed E-state index contributed by atoms with van der Waals surface area (Å²) < 4.78 is 0.869. The molecule has 0 radical (unpaired) electrons. The van der Waals surface area contributed by atoms with Gasteiger partial charge in [-0.3, -0.25) is 4.79 Å². The van der Waals surface area contributed by atoms with Gasteiger partial charge in [-0.1, -0.05) is 15.9 Å². The molecule has 0 aromatic heterocycles. The molecule has 0 fully saturated rings. The van der Waals surface area contributed by atoms with E-state index in [1.165, 1.54) is 0 Å². The monoisotopic (exact) mass is 262 g/mol. The van der Waals surface area contributed by atoms with Crippen LogP contribution in [0.4, 0.5) is 11.4 Å². The third-order valence-electron chi connectivity index (χ3n) is 1.41. The third-order valence-corrected chi connectivity index (χ3v) is 2.15. The van der Waals surface area contributed by atoms with Gasteiger partial charge in [0.2, 0.25) is 5.91 Å². The van der Waals surface area contributed by atoms with Gasteiger partial charge < -0.3 is 11.1 Å². The van der Waals surface area contributed by atoms with Crippen molar-refractivity contribution >= 4 is 44.8 Å². The van der Waals surface area contributed by atoms with Crippen LogP contribution >= 0.6 is 27.5 Å². The lowest BCUT2D eigenvalue weighted by molar-refractivity contribution is -0.113. The van der Waals surface area contributed by atoms with Gasteiger partial charge >= 0.3 is 0 Å². The fraction of sp³-hybridized carbons (Fsp3) is 0.125. The van der Waals surface area contributed by atoms with Gasteiger partial charge in [0.15, 0.2) is 0 Å². The molecule has 0 unspecified atom stereocenters. The molecule has 3 N–H and O–H groups in total. The van der Waals surface area contributed by atoms with Crippen molar-refractivity contribution in [3.63, 3.8) is 0 Å². The van der Waals surface area contributed by atoms with E-state index in [1.54, 1.807) is 18.2 Å². The molecule has 70 valence electrons. The van der Waals surface area contributed by atoms with Crippen molar-refractivity contribution in [2.75, 3.05) is 16.9 Å². The lowest BCUT2D eigenvalue weighted by Gasteiger charge is -2.06. The van der Waals surface area contributed by atoms with Crippen molar-refractivity contribution in [1.29, 1.82) is 0 Å². The molecule has 0 saturated carbocycles. The normalized spacial score (nSPS) is 9.69. The highest BCUT2D eigenvalue weighted by molar-refractivity contribution is 9.10. The summed E-state index contributed by atoms with van der Waals surface area (Å²) in [6.45, 7) is 0. The smallest absolute Gasteiger partial charge is 0.239 e. The van der Waals surface area contributed by atoms with Gasteiger partial charge in [-0.15, -0.1) is 11.6 Å². The van der Waals surface area contributed by atoms with Crippen molar-refractivity contribution in [2.24, 2.45) is 0 Å². The summed E-state index contributed by atoms with van der Waals surface area (Å²) in [5.74, 6) is -0.342. The molecule has 0 aliphatic heterocycles. The second kappa shape index (κ2) is 4.48. The quantitative estimate of drug-likeness (QED) is 0.635. The second-order valence-electron chi connectivity index (χ2n) is 2.41. The standard InChI is InChI=1S/C8H8BrClN2O/c9-5-1-2-7(6(11)3-5)12-8(13)4-10/h1-3H,4,11H2,(H,12,13). The first-order chi connectivity index (χ1) is 6.13. The zero-order valence-electron chi connectivity index (χ0n) is 6.68. The van der Waals surface area contributed by atoms with E-state index in [0.29, 0.717) is 11.4 Å². The summed E-state index contributed by atoms with van der Waals surface area (Å²) >= 11 is 8.58. The largest absolute Gasteiger partial charge is 0.397 e. The fourth-order valence-electron chi connectivity index (χ4n) is 0.831. The minimum absolute atomic E-state index is 0.0739. The predicted octanol–water partition coefficient (Wildman–Crippen LogP) is 2.21. The Morgan fingerprint density at radius 1 is 1.62 bits per heavy atom. The maximum absolute atomic E-state index is 10.9. The van der Waals surface area contributed by atoms with Gasteiger partial charge in [-0.25, -0.2) is 0 Å². The number of nitrogen functional groups attached to an aromatic ring is 1. The summed E-state index contributed by atoms with van der Waals surface area (Å²) in [5, 5.41) is 2.57. The van der Waals surface area contributed by atoms with Crippen molar-refractivity contribution in [3.8, 4) is 0 Å². The van der Waals surface area contributed by atoms with Crippen LogP contribution in [0.1, 0.15) is 0 Å². The van der Waals surface area contributed by atoms with Gasteiger partial charge in [-0.05, 0) is 18.2 Å². The molecule has 0 atom stereocenters. The van der Waals surface area contributed by atoms with E-state index >= 15 is 0 Å². The number of alkyl halides is 1. The maximum Gasteiger partial charge on any atom is 0.239 e. The second-order valence-corrected chi connectivity index (χ2v) is 3.60. The van der Waals surface area contributed by atoms with Gasteiger partial charge in [0.25, 0.3) is 0 Å². The van der Waals surface area contributed by atoms with Crippen LogP contribution in [0.5, 0.6) is 0 Å². The van der Waals surface area contributed by atoms with Crippen LogP contribution in [0.15, 0.2) is 22.7 Å². The highest BCUT2D eigenvalue weighted by atomic mass is 79.9. The minimum atomic E-state index is -0.268. The highest BCUT2D eigenvalue weighted by Crippen LogP contribution is 2.22. The number of hydrogen-bond acceptors (Lipinski definition) is 2. The molecule has 1 aromatic rings. The molecule has 0 aliphatic carbocycles. The van der Waals surface area contributed by atoms with E-state index in [-0.39, 0.29) is 11.8 Å². The van der Waals surface area contributed by atoms with Crippen LogP contribution in [-0.2, 0) is 4.79 Å². The molecule has 1 amide bonds. The van der Waals surface area contributed by atoms with E-state index in [2.05, 4.69) is 21.2 Å². The molecule has 0 aliphatic rings. The number of carbonyl (C=O) groups is 1. The average molecular weight is 264 g/mol. The van der Waals surface area contributed by atoms with Crippen LogP contribution in [0, 0.1) is 0 Å². The number of carbonyl (C=O) groups excluding carboxylic acids is 1. The van der Waals surface area contributed by atoms with Gasteiger partial charge in [0, 0.05) is 4.47 Å². The molecular formula is C8H8BrClN2O. The fourth-order valence-corrected chi connectivity index (χ4v) is 1.28. The van der Waals surface area contributed by atoms with E-state index in [9.17, 15) is 4.79 Å². The van der Waals surface area contributed by atoms with Crippen molar-refractivity contribution in [3.05, 3.63) is 22.7 Å². The summed E-state index contributed by atoms with van der Waals surface area (Å²) in [5.41, 5.74) is 6.72. The zero-order valence-corrected chi connectivity index (χ0v) is 9.02. The zero-order chi connectivity index (χ0) is 9.84. The van der Waals surface area contributed by atoms with Crippen molar-refractivity contribution in [1.82, 2.24) is 0 Å². The topological polar surface area (TPSA) is 55.1 Å². The summed E-state index contributed by atoms with van der Waals surface area (Å²) in [6, 6.07) is 5.22. The molecule has 1 rings (SSSR count). The van der Waals surface area contributed by atoms with Crippen LogP contribution in [0.3, 0.4) is 0 Å². The molecule has 0 heterocycles. The first kappa shape index (κ1) is 10.3. The molecule has 13 heavy (non-hydrogen) atoms. The van der Waals surface area contributed by atoms with Gasteiger partial charge in [0.1, 0.15) is 5.88 Å². The average Bonchev–Trinajstić information content (AvgIpc) is 2.09. The molecule has 0 spiro atoms. The first-order valence-electron chi connectivity index (χ1n) is 3.54. The number of hydrogen-bond donors (Lipinski definition) is 2. The number of anilines is 2. The SMILES string of the molecule is Nc1cc(Br)ccc1NC(=O)CCl. The first-order valence-corrected chi connectivity index (χ1v) is 4.87. The Hall–Kier alpha value is -0.740. The molecule has 0 bridgehead atoms. The molecular weight excluding hydrogens is 255 g/mol. The van der Waals surface area contributed by atoms with E-state index in [4.69, 9.17) is 17.3 Å². The summed E-state index contributed by atoms with van der Waals surface area (Å²) in [7, 11) is 0. The Labute approximate surface area is 89.4 Å². The van der Waals surface area contributed by atoms with E-state index in [0.717, 1.165) is 4.47 Å². The highest BCUT2D eigenvalue weighted by Gasteiger charge is 2.03. The maximum atomic E-state index is 10.9. The van der Waals surface area contributed by atoms with Crippen LogP contribution < -0.4 is 11.1 Å². The van der Waals surface area contributed by atoms with Gasteiger partial charge in [-0.2, -0.15) is 0 Å². The Kier molecular flexibility index (Phi) is 3.57. The van der Waals surface area contributed by atoms with Crippen LogP contribution in [-0.4, -0.2) is 11.8 Å². The van der Waals surface area contributed by atoms with Crippen LogP contribution in [0.2, 0.25) is 0 Å². The third kappa shape index (κ3) is 2.90. The molecule has 5 heteroatoms. The molecule has 1 aromatic carbocycles. The number of amides is 1. The Balaban J connectivity index is 2.83. The number of nitrogens with two attached hydrogens (primary N) is 1. The molecule has 0 saturated heterocycles. The number of halogens is 2. The Morgan fingerprint density at radius 3 is 2.85 bits per heavy atom. The lowest BCUT2D eigenvalue weighted by atomic mass is 10.3. The number of nitrogens with one attached hydrogen (secondary N) is 1. The van der Waals surface area contributed by atoms with Crippen molar-refractivity contribution in [2.45, 2.75) is 0 Å². The van der Waals surface area contributed by atoms with E-state index in [1.807, 2.05) is 0 Å². The predicted molar refractivity (Wildman–Crippen MR) is 57.9 cm³/mol. The summed E-state index contributed by atoms with van der Waals surface area (Å²) in [6.07, 6.45) is 0. The minimum Gasteiger partial charge on any atom is -0.397 e. The van der Waals surface area contributed by atoms with Crippen LogP contribution in [0.25, 0.3) is 0 Å². The number of rotatable bonds is 2. The Morgan fingerprint density at radius 2 is 2.31 bits per heavy atom. The number of benzene rings is 1. The van der Waals surface area contributed by atoms with Crippen molar-refractivity contribution < 1.29 is 4.79 Å². The Bertz CT molecular complexity index is 330.